The number of allylic oxidation sites excluding steroid dienone is 2. The van der Waals surface area contributed by atoms with Crippen LogP contribution in [0.4, 0.5) is 0 Å². The largest absolute Gasteiger partial charge is 0.432 e. The number of hydrogen-bond acceptors (Lipinski definition) is 2. The summed E-state index contributed by atoms with van der Waals surface area (Å²) in [6, 6.07) is 7.65. The third-order valence-corrected chi connectivity index (χ3v) is 5.87. The first kappa shape index (κ1) is 14.8. The van der Waals surface area contributed by atoms with Gasteiger partial charge in [0.2, 0.25) is 3.42 Å². The van der Waals surface area contributed by atoms with Crippen LogP contribution in [0.3, 0.4) is 0 Å². The van der Waals surface area contributed by atoms with Gasteiger partial charge < -0.3 is 4.74 Å². The SMILES string of the molecule is O=C(OC(Br)(Br)c1ccccc1Br)C1CC2C=CC1C2. The minimum absolute atomic E-state index is 0.0121. The number of hydrogen-bond donors (Lipinski definition) is 0. The highest BCUT2D eigenvalue weighted by atomic mass is 79.9. The molecule has 0 radical (unpaired) electrons. The van der Waals surface area contributed by atoms with Crippen molar-refractivity contribution in [2.75, 3.05) is 0 Å². The molecule has 5 heteroatoms. The molecule has 0 saturated heterocycles. The Morgan fingerprint density at radius 3 is 2.55 bits per heavy atom. The van der Waals surface area contributed by atoms with Crippen LogP contribution < -0.4 is 0 Å². The van der Waals surface area contributed by atoms with E-state index in [1.54, 1.807) is 0 Å². The van der Waals surface area contributed by atoms with Gasteiger partial charge in [-0.05, 0) is 62.6 Å². The fraction of sp³-hybridized carbons (Fsp3) is 0.400. The van der Waals surface area contributed by atoms with Crippen molar-refractivity contribution in [1.29, 1.82) is 0 Å². The number of fused-ring (bicyclic) bond motifs is 2. The molecular weight excluding hydrogens is 452 g/mol. The van der Waals surface area contributed by atoms with Crippen molar-refractivity contribution in [2.45, 2.75) is 16.3 Å². The summed E-state index contributed by atoms with van der Waals surface area (Å²) in [5.41, 5.74) is 0.840. The lowest BCUT2D eigenvalue weighted by atomic mass is 9.94. The Hall–Kier alpha value is -0.130. The maximum Gasteiger partial charge on any atom is 0.311 e. The second kappa shape index (κ2) is 5.58. The lowest BCUT2D eigenvalue weighted by Gasteiger charge is -2.26. The van der Waals surface area contributed by atoms with Crippen LogP contribution in [-0.4, -0.2) is 5.97 Å². The molecule has 0 amide bonds. The molecule has 1 aromatic rings. The zero-order valence-corrected chi connectivity index (χ0v) is 15.3. The summed E-state index contributed by atoms with van der Waals surface area (Å²) in [6.45, 7) is 0. The van der Waals surface area contributed by atoms with Crippen LogP contribution in [0.25, 0.3) is 0 Å². The first-order valence-corrected chi connectivity index (χ1v) is 8.89. The number of carbonyl (C=O) groups excluding carboxylic acids is 1. The fourth-order valence-corrected chi connectivity index (χ4v) is 5.11. The first-order chi connectivity index (χ1) is 9.47. The van der Waals surface area contributed by atoms with Crippen molar-refractivity contribution in [2.24, 2.45) is 17.8 Å². The van der Waals surface area contributed by atoms with Gasteiger partial charge in [0, 0.05) is 10.0 Å². The molecule has 3 unspecified atom stereocenters. The summed E-state index contributed by atoms with van der Waals surface area (Å²) in [5, 5.41) is 0. The Kier molecular flexibility index (Phi) is 4.13. The molecular formula is C15H13Br3O2. The Labute approximate surface area is 143 Å². The molecule has 0 heterocycles. The highest BCUT2D eigenvalue weighted by Gasteiger charge is 2.43. The van der Waals surface area contributed by atoms with Gasteiger partial charge in [-0.15, -0.1) is 0 Å². The van der Waals surface area contributed by atoms with Crippen molar-refractivity contribution in [3.8, 4) is 0 Å². The van der Waals surface area contributed by atoms with Crippen LogP contribution in [0.5, 0.6) is 0 Å². The van der Waals surface area contributed by atoms with Gasteiger partial charge in [-0.1, -0.05) is 46.3 Å². The molecule has 1 fully saturated rings. The zero-order valence-electron chi connectivity index (χ0n) is 10.6. The van der Waals surface area contributed by atoms with E-state index in [2.05, 4.69) is 59.9 Å². The van der Waals surface area contributed by atoms with E-state index in [-0.39, 0.29) is 11.9 Å². The van der Waals surface area contributed by atoms with Gasteiger partial charge in [-0.25, -0.2) is 0 Å². The van der Waals surface area contributed by atoms with Crippen LogP contribution >= 0.6 is 47.8 Å². The van der Waals surface area contributed by atoms with E-state index in [1.165, 1.54) is 0 Å². The van der Waals surface area contributed by atoms with E-state index in [0.29, 0.717) is 11.8 Å². The predicted molar refractivity (Wildman–Crippen MR) is 88.6 cm³/mol. The molecule has 20 heavy (non-hydrogen) atoms. The van der Waals surface area contributed by atoms with Crippen LogP contribution in [0.15, 0.2) is 40.9 Å². The average molecular weight is 465 g/mol. The highest BCUT2D eigenvalue weighted by molar-refractivity contribution is 9.24. The smallest absolute Gasteiger partial charge is 0.311 e. The third-order valence-electron chi connectivity index (χ3n) is 4.00. The normalized spacial score (nSPS) is 27.9. The number of rotatable bonds is 3. The number of benzene rings is 1. The molecule has 1 saturated carbocycles. The lowest BCUT2D eigenvalue weighted by Crippen LogP contribution is -2.27. The van der Waals surface area contributed by atoms with Gasteiger partial charge >= 0.3 is 5.97 Å². The molecule has 0 aromatic heterocycles. The first-order valence-electron chi connectivity index (χ1n) is 6.51. The predicted octanol–water partition coefficient (Wildman–Crippen LogP) is 5.10. The van der Waals surface area contributed by atoms with Crippen LogP contribution in [-0.2, 0) is 13.0 Å². The van der Waals surface area contributed by atoms with Crippen molar-refractivity contribution in [3.63, 3.8) is 0 Å². The molecule has 0 spiro atoms. The average Bonchev–Trinajstić information content (AvgIpc) is 3.00. The van der Waals surface area contributed by atoms with E-state index >= 15 is 0 Å². The maximum absolute atomic E-state index is 12.4. The van der Waals surface area contributed by atoms with Crippen molar-refractivity contribution in [1.82, 2.24) is 0 Å². The maximum atomic E-state index is 12.4. The van der Waals surface area contributed by atoms with Gasteiger partial charge in [-0.3, -0.25) is 4.79 Å². The molecule has 3 rings (SSSR count). The lowest BCUT2D eigenvalue weighted by molar-refractivity contribution is -0.152. The minimum atomic E-state index is -0.983. The summed E-state index contributed by atoms with van der Waals surface area (Å²) in [6.07, 6.45) is 6.37. The minimum Gasteiger partial charge on any atom is -0.432 e. The van der Waals surface area contributed by atoms with Crippen LogP contribution in [0.2, 0.25) is 0 Å². The Balaban J connectivity index is 1.75. The number of ether oxygens (including phenoxy) is 1. The van der Waals surface area contributed by atoms with Gasteiger partial charge in [0.15, 0.2) is 0 Å². The van der Waals surface area contributed by atoms with Gasteiger partial charge in [0.25, 0.3) is 0 Å². The Morgan fingerprint density at radius 1 is 1.20 bits per heavy atom. The number of alkyl halides is 2. The van der Waals surface area contributed by atoms with Gasteiger partial charge in [0.05, 0.1) is 5.92 Å². The van der Waals surface area contributed by atoms with Crippen LogP contribution in [0, 0.1) is 17.8 Å². The zero-order chi connectivity index (χ0) is 14.3. The second-order valence-electron chi connectivity index (χ2n) is 5.30. The summed E-state index contributed by atoms with van der Waals surface area (Å²) >= 11 is 10.4. The molecule has 2 bridgehead atoms. The summed E-state index contributed by atoms with van der Waals surface area (Å²) < 4.78 is 5.57. The molecule has 2 aliphatic rings. The molecule has 1 aromatic carbocycles. The molecule has 2 nitrogen and oxygen atoms in total. The third kappa shape index (κ3) is 2.77. The molecule has 0 N–H and O–H groups in total. The van der Waals surface area contributed by atoms with Crippen molar-refractivity contribution >= 4 is 53.8 Å². The number of halogens is 3. The Bertz CT molecular complexity index is 568. The monoisotopic (exact) mass is 462 g/mol. The van der Waals surface area contributed by atoms with E-state index in [9.17, 15) is 4.79 Å². The van der Waals surface area contributed by atoms with Crippen LogP contribution in [0.1, 0.15) is 18.4 Å². The fourth-order valence-electron chi connectivity index (χ4n) is 3.01. The van der Waals surface area contributed by atoms with Gasteiger partial charge in [-0.2, -0.15) is 0 Å². The highest BCUT2D eigenvalue weighted by Crippen LogP contribution is 2.47. The summed E-state index contributed by atoms with van der Waals surface area (Å²) in [7, 11) is 0. The molecule has 0 aliphatic heterocycles. The standard InChI is InChI=1S/C15H13Br3O2/c16-13-4-2-1-3-12(13)15(17,18)20-14(19)11-8-9-5-6-10(11)7-9/h1-6,9-11H,7-8H2. The Morgan fingerprint density at radius 2 is 1.95 bits per heavy atom. The quantitative estimate of drug-likeness (QED) is 0.353. The molecule has 2 aliphatic carbocycles. The second-order valence-corrected chi connectivity index (χ2v) is 9.46. The summed E-state index contributed by atoms with van der Waals surface area (Å²) in [4.78, 5) is 12.4. The van der Waals surface area contributed by atoms with E-state index in [0.717, 1.165) is 22.9 Å². The van der Waals surface area contributed by atoms with Crippen molar-refractivity contribution in [3.05, 3.63) is 46.5 Å². The van der Waals surface area contributed by atoms with Crippen molar-refractivity contribution < 1.29 is 9.53 Å². The van der Waals surface area contributed by atoms with E-state index < -0.39 is 3.42 Å². The van der Waals surface area contributed by atoms with E-state index in [1.807, 2.05) is 24.3 Å². The van der Waals surface area contributed by atoms with E-state index in [4.69, 9.17) is 4.74 Å². The summed E-state index contributed by atoms with van der Waals surface area (Å²) in [5.74, 6) is 0.747. The van der Waals surface area contributed by atoms with Gasteiger partial charge in [0.1, 0.15) is 0 Å². The molecule has 106 valence electrons. The molecule has 3 atom stereocenters. The topological polar surface area (TPSA) is 26.3 Å². The number of esters is 1. The number of carbonyl (C=O) groups is 1.